The van der Waals surface area contributed by atoms with Gasteiger partial charge in [-0.1, -0.05) is 23.8 Å². The Labute approximate surface area is 119 Å². The van der Waals surface area contributed by atoms with Crippen LogP contribution in [0.1, 0.15) is 12.0 Å². The fraction of sp³-hybridized carbons (Fsp3) is 0.312. The SMILES string of the molecule is COc1ccc(/C=C/C(=O)NCC2=CCNCC2)cc1. The van der Waals surface area contributed by atoms with E-state index in [9.17, 15) is 4.79 Å². The second kappa shape index (κ2) is 7.50. The highest BCUT2D eigenvalue weighted by Crippen LogP contribution is 2.12. The number of amides is 1. The molecule has 1 aromatic carbocycles. The Hall–Kier alpha value is -2.07. The normalized spacial score (nSPS) is 14.9. The smallest absolute Gasteiger partial charge is 0.244 e. The van der Waals surface area contributed by atoms with Crippen LogP contribution in [0.2, 0.25) is 0 Å². The number of methoxy groups -OCH3 is 1. The molecule has 0 bridgehead atoms. The second-order valence-corrected chi connectivity index (χ2v) is 4.64. The zero-order valence-electron chi connectivity index (χ0n) is 11.7. The van der Waals surface area contributed by atoms with Gasteiger partial charge in [-0.25, -0.2) is 0 Å². The minimum absolute atomic E-state index is 0.0692. The predicted octanol–water partition coefficient (Wildman–Crippen LogP) is 1.74. The van der Waals surface area contributed by atoms with E-state index < -0.39 is 0 Å². The zero-order valence-corrected chi connectivity index (χ0v) is 11.7. The second-order valence-electron chi connectivity index (χ2n) is 4.64. The molecule has 0 aliphatic carbocycles. The Morgan fingerprint density at radius 1 is 1.40 bits per heavy atom. The summed E-state index contributed by atoms with van der Waals surface area (Å²) in [4.78, 5) is 11.7. The molecule has 0 saturated heterocycles. The first-order valence-electron chi connectivity index (χ1n) is 6.76. The molecule has 0 atom stereocenters. The summed E-state index contributed by atoms with van der Waals surface area (Å²) in [5, 5.41) is 6.14. The molecular weight excluding hydrogens is 252 g/mol. The maximum Gasteiger partial charge on any atom is 0.244 e. The topological polar surface area (TPSA) is 50.4 Å². The van der Waals surface area contributed by atoms with Crippen LogP contribution in [0.4, 0.5) is 0 Å². The third-order valence-corrected chi connectivity index (χ3v) is 3.19. The molecule has 4 heteroatoms. The van der Waals surface area contributed by atoms with Crippen molar-refractivity contribution in [1.82, 2.24) is 10.6 Å². The standard InChI is InChI=1S/C16H20N2O2/c1-20-15-5-2-13(3-6-15)4-7-16(19)18-12-14-8-10-17-11-9-14/h2-8,17H,9-12H2,1H3,(H,18,19)/b7-4+. The fourth-order valence-electron chi connectivity index (χ4n) is 1.98. The minimum Gasteiger partial charge on any atom is -0.497 e. The number of hydrogen-bond donors (Lipinski definition) is 2. The molecular formula is C16H20N2O2. The predicted molar refractivity (Wildman–Crippen MR) is 80.6 cm³/mol. The van der Waals surface area contributed by atoms with E-state index in [1.165, 1.54) is 5.57 Å². The van der Waals surface area contributed by atoms with E-state index in [0.717, 1.165) is 30.8 Å². The highest BCUT2D eigenvalue weighted by molar-refractivity contribution is 5.91. The number of carbonyl (C=O) groups excluding carboxylic acids is 1. The van der Waals surface area contributed by atoms with Crippen molar-refractivity contribution in [3.05, 3.63) is 47.6 Å². The Kier molecular flexibility index (Phi) is 5.38. The van der Waals surface area contributed by atoms with Crippen LogP contribution in [0.25, 0.3) is 6.08 Å². The van der Waals surface area contributed by atoms with Crippen molar-refractivity contribution in [2.75, 3.05) is 26.7 Å². The Morgan fingerprint density at radius 2 is 2.20 bits per heavy atom. The number of rotatable bonds is 5. The van der Waals surface area contributed by atoms with Gasteiger partial charge in [-0.05, 0) is 36.7 Å². The van der Waals surface area contributed by atoms with Gasteiger partial charge in [-0.15, -0.1) is 0 Å². The van der Waals surface area contributed by atoms with Crippen molar-refractivity contribution in [2.45, 2.75) is 6.42 Å². The summed E-state index contributed by atoms with van der Waals surface area (Å²) in [6, 6.07) is 7.57. The van der Waals surface area contributed by atoms with Crippen LogP contribution in [-0.2, 0) is 4.79 Å². The summed E-state index contributed by atoms with van der Waals surface area (Å²) >= 11 is 0. The van der Waals surface area contributed by atoms with Gasteiger partial charge in [-0.2, -0.15) is 0 Å². The molecule has 1 aliphatic heterocycles. The average molecular weight is 272 g/mol. The van der Waals surface area contributed by atoms with Gasteiger partial charge in [0.1, 0.15) is 5.75 Å². The molecule has 4 nitrogen and oxygen atoms in total. The molecule has 0 fully saturated rings. The van der Waals surface area contributed by atoms with Crippen molar-refractivity contribution >= 4 is 12.0 Å². The highest BCUT2D eigenvalue weighted by atomic mass is 16.5. The number of hydrogen-bond acceptors (Lipinski definition) is 3. The van der Waals surface area contributed by atoms with Gasteiger partial charge in [0.15, 0.2) is 0 Å². The third-order valence-electron chi connectivity index (χ3n) is 3.19. The van der Waals surface area contributed by atoms with Gasteiger partial charge in [0, 0.05) is 19.2 Å². The first kappa shape index (κ1) is 14.3. The molecule has 1 aliphatic rings. The quantitative estimate of drug-likeness (QED) is 0.634. The summed E-state index contributed by atoms with van der Waals surface area (Å²) < 4.78 is 5.09. The van der Waals surface area contributed by atoms with Crippen molar-refractivity contribution in [3.8, 4) is 5.75 Å². The van der Waals surface area contributed by atoms with E-state index in [-0.39, 0.29) is 5.91 Å². The third kappa shape index (κ3) is 4.55. The van der Waals surface area contributed by atoms with Crippen molar-refractivity contribution in [3.63, 3.8) is 0 Å². The van der Waals surface area contributed by atoms with Gasteiger partial charge < -0.3 is 15.4 Å². The molecule has 2 N–H and O–H groups in total. The van der Waals surface area contributed by atoms with Gasteiger partial charge in [-0.3, -0.25) is 4.79 Å². The van der Waals surface area contributed by atoms with Crippen molar-refractivity contribution < 1.29 is 9.53 Å². The van der Waals surface area contributed by atoms with E-state index in [0.29, 0.717) is 6.54 Å². The largest absolute Gasteiger partial charge is 0.497 e. The van der Waals surface area contributed by atoms with Gasteiger partial charge in [0.05, 0.1) is 7.11 Å². The first-order valence-corrected chi connectivity index (χ1v) is 6.76. The van der Waals surface area contributed by atoms with Gasteiger partial charge in [0.2, 0.25) is 5.91 Å². The lowest BCUT2D eigenvalue weighted by Crippen LogP contribution is -2.28. The molecule has 106 valence electrons. The highest BCUT2D eigenvalue weighted by Gasteiger charge is 2.03. The van der Waals surface area contributed by atoms with Crippen LogP contribution in [0.3, 0.4) is 0 Å². The van der Waals surface area contributed by atoms with Gasteiger partial charge >= 0.3 is 0 Å². The van der Waals surface area contributed by atoms with E-state index in [1.54, 1.807) is 19.3 Å². The fourth-order valence-corrected chi connectivity index (χ4v) is 1.98. The summed E-state index contributed by atoms with van der Waals surface area (Å²) in [5.41, 5.74) is 2.26. The molecule has 20 heavy (non-hydrogen) atoms. The number of benzene rings is 1. The molecule has 0 spiro atoms. The molecule has 0 saturated carbocycles. The van der Waals surface area contributed by atoms with Crippen LogP contribution in [-0.4, -0.2) is 32.7 Å². The lowest BCUT2D eigenvalue weighted by atomic mass is 10.1. The van der Waals surface area contributed by atoms with E-state index in [2.05, 4.69) is 16.7 Å². The minimum atomic E-state index is -0.0692. The average Bonchev–Trinajstić information content (AvgIpc) is 2.52. The maximum atomic E-state index is 11.7. The van der Waals surface area contributed by atoms with Gasteiger partial charge in [0.25, 0.3) is 0 Å². The van der Waals surface area contributed by atoms with Crippen molar-refractivity contribution in [2.24, 2.45) is 0 Å². The van der Waals surface area contributed by atoms with Crippen LogP contribution >= 0.6 is 0 Å². The summed E-state index contributed by atoms with van der Waals surface area (Å²) in [6.45, 7) is 2.52. The first-order chi connectivity index (χ1) is 9.78. The molecule has 2 rings (SSSR count). The van der Waals surface area contributed by atoms with Crippen LogP contribution in [0.15, 0.2) is 42.0 Å². The molecule has 0 radical (unpaired) electrons. The molecule has 1 aromatic rings. The Balaban J connectivity index is 1.80. The number of nitrogens with one attached hydrogen (secondary N) is 2. The maximum absolute atomic E-state index is 11.7. The zero-order chi connectivity index (χ0) is 14.2. The summed E-state index contributed by atoms with van der Waals surface area (Å²) in [5.74, 6) is 0.740. The van der Waals surface area contributed by atoms with Crippen molar-refractivity contribution in [1.29, 1.82) is 0 Å². The monoisotopic (exact) mass is 272 g/mol. The van der Waals surface area contributed by atoms with E-state index >= 15 is 0 Å². The summed E-state index contributed by atoms with van der Waals surface area (Å²) in [6.07, 6.45) is 6.49. The molecule has 1 amide bonds. The molecule has 0 unspecified atom stereocenters. The van der Waals surface area contributed by atoms with Crippen LogP contribution in [0, 0.1) is 0 Å². The number of ether oxygens (including phenoxy) is 1. The van der Waals surface area contributed by atoms with Crippen LogP contribution in [0.5, 0.6) is 5.75 Å². The Morgan fingerprint density at radius 3 is 2.85 bits per heavy atom. The molecule has 0 aromatic heterocycles. The Bertz CT molecular complexity index is 504. The molecule has 1 heterocycles. The summed E-state index contributed by atoms with van der Waals surface area (Å²) in [7, 11) is 1.63. The van der Waals surface area contributed by atoms with E-state index in [1.807, 2.05) is 24.3 Å². The number of carbonyl (C=O) groups is 1. The lowest BCUT2D eigenvalue weighted by Gasteiger charge is -2.13. The lowest BCUT2D eigenvalue weighted by molar-refractivity contribution is -0.116. The van der Waals surface area contributed by atoms with Crippen LogP contribution < -0.4 is 15.4 Å². The van der Waals surface area contributed by atoms with E-state index in [4.69, 9.17) is 4.74 Å².